The van der Waals surface area contributed by atoms with Crippen molar-refractivity contribution in [3.8, 4) is 0 Å². The lowest BCUT2D eigenvalue weighted by atomic mass is 10.1. The van der Waals surface area contributed by atoms with E-state index < -0.39 is 5.20 Å². The molecule has 0 bridgehead atoms. The van der Waals surface area contributed by atoms with Crippen molar-refractivity contribution in [1.29, 1.82) is 0 Å². The summed E-state index contributed by atoms with van der Waals surface area (Å²) >= 11 is 13.8. The minimum absolute atomic E-state index is 0.670. The molecule has 86 valence electrons. The third-order valence-electron chi connectivity index (χ3n) is 1.82. The van der Waals surface area contributed by atoms with E-state index in [-0.39, 0.29) is 0 Å². The fraction of sp³-hybridized carbons (Fsp3) is 0.250. The second-order valence-electron chi connectivity index (χ2n) is 2.91. The van der Waals surface area contributed by atoms with Crippen molar-refractivity contribution in [3.63, 3.8) is 0 Å². The molecule has 0 aromatic heterocycles. The number of hydrogen-bond acceptors (Lipinski definition) is 3. The van der Waals surface area contributed by atoms with Crippen LogP contribution in [0.2, 0.25) is 0 Å². The van der Waals surface area contributed by atoms with Gasteiger partial charge in [-0.1, -0.05) is 6.07 Å². The van der Waals surface area contributed by atoms with E-state index in [1.807, 2.05) is 26.0 Å². The van der Waals surface area contributed by atoms with Gasteiger partial charge in [-0.3, -0.25) is 4.57 Å². The lowest BCUT2D eigenvalue weighted by Gasteiger charge is -2.05. The molecule has 4 N–H and O–H groups in total. The van der Waals surface area contributed by atoms with Gasteiger partial charge in [-0.25, -0.2) is 0 Å². The second kappa shape index (κ2) is 5.86. The Bertz CT molecular complexity index is 356. The average Bonchev–Trinajstić information content (AvgIpc) is 2.05. The Kier molecular flexibility index (Phi) is 5.82. The average molecular weight is 290 g/mol. The summed E-state index contributed by atoms with van der Waals surface area (Å²) in [7, 11) is 0. The van der Waals surface area contributed by atoms with E-state index in [0.29, 0.717) is 11.4 Å². The number of nitrogens with two attached hydrogens (primary N) is 2. The van der Waals surface area contributed by atoms with Crippen molar-refractivity contribution in [2.45, 2.75) is 13.8 Å². The number of aryl methyl sites for hydroxylation is 1. The first kappa shape index (κ1) is 14.9. The van der Waals surface area contributed by atoms with E-state index in [1.165, 1.54) is 5.56 Å². The Labute approximate surface area is 103 Å². The van der Waals surface area contributed by atoms with E-state index in [4.69, 9.17) is 11.5 Å². The Morgan fingerprint density at radius 2 is 1.53 bits per heavy atom. The number of nitrogen functional groups attached to an aromatic ring is 2. The molecule has 3 nitrogen and oxygen atoms in total. The van der Waals surface area contributed by atoms with E-state index in [0.717, 1.165) is 5.56 Å². The second-order valence-corrected chi connectivity index (χ2v) is 9.55. The molecule has 0 atom stereocenters. The highest BCUT2D eigenvalue weighted by Gasteiger charge is 2.03. The summed E-state index contributed by atoms with van der Waals surface area (Å²) in [5.74, 6) is 0. The first-order chi connectivity index (χ1) is 6.63. The molecule has 0 heterocycles. The SMILES string of the molecule is Cc1ccc(N)c(N)c1C.O=P(Cl)(Cl)Cl. The molecule has 0 aliphatic carbocycles. The van der Waals surface area contributed by atoms with Gasteiger partial charge in [0.15, 0.2) is 0 Å². The van der Waals surface area contributed by atoms with E-state index >= 15 is 0 Å². The monoisotopic (exact) mass is 288 g/mol. The molecular weight excluding hydrogens is 277 g/mol. The topological polar surface area (TPSA) is 69.1 Å². The molecule has 0 unspecified atom stereocenters. The third kappa shape index (κ3) is 6.91. The zero-order valence-electron chi connectivity index (χ0n) is 8.30. The van der Waals surface area contributed by atoms with E-state index in [1.54, 1.807) is 0 Å². The maximum atomic E-state index is 9.51. The molecule has 0 saturated carbocycles. The van der Waals surface area contributed by atoms with Gasteiger partial charge in [0, 0.05) is 0 Å². The number of benzene rings is 1. The first-order valence-electron chi connectivity index (χ1n) is 3.93. The van der Waals surface area contributed by atoms with Crippen LogP contribution in [0.4, 0.5) is 11.4 Å². The number of hydrogen-bond donors (Lipinski definition) is 2. The molecule has 1 rings (SSSR count). The minimum Gasteiger partial charge on any atom is -0.397 e. The molecule has 0 aliphatic rings. The lowest BCUT2D eigenvalue weighted by Crippen LogP contribution is -1.98. The van der Waals surface area contributed by atoms with Crippen LogP contribution in [0.3, 0.4) is 0 Å². The van der Waals surface area contributed by atoms with Crippen molar-refractivity contribution in [2.75, 3.05) is 11.5 Å². The van der Waals surface area contributed by atoms with Crippen LogP contribution in [0.15, 0.2) is 12.1 Å². The standard InChI is InChI=1S/C8H12N2.Cl3OP/c1-5-3-4-7(9)8(10)6(5)2;1-5(2,3)4/h3-4H,9-10H2,1-2H3;. The summed E-state index contributed by atoms with van der Waals surface area (Å²) in [5, 5.41) is -3.22. The summed E-state index contributed by atoms with van der Waals surface area (Å²) < 4.78 is 9.51. The zero-order valence-corrected chi connectivity index (χ0v) is 11.5. The maximum Gasteiger partial charge on any atom is 0.339 e. The van der Waals surface area contributed by atoms with Crippen LogP contribution in [-0.4, -0.2) is 0 Å². The van der Waals surface area contributed by atoms with Gasteiger partial charge in [0.2, 0.25) is 0 Å². The van der Waals surface area contributed by atoms with Gasteiger partial charge in [0.05, 0.1) is 11.4 Å². The summed E-state index contributed by atoms with van der Waals surface area (Å²) in [6, 6.07) is 3.80. The molecular formula is C8H12Cl3N2OP. The van der Waals surface area contributed by atoms with Crippen LogP contribution in [0, 0.1) is 13.8 Å². The quantitative estimate of drug-likeness (QED) is 0.553. The first-order valence-corrected chi connectivity index (χ1v) is 8.35. The molecule has 1 aromatic carbocycles. The van der Waals surface area contributed by atoms with Gasteiger partial charge in [0.1, 0.15) is 0 Å². The Hall–Kier alpha value is -0.0800. The highest BCUT2D eigenvalue weighted by atomic mass is 36.0. The minimum atomic E-state index is -3.22. The van der Waals surface area contributed by atoms with E-state index in [2.05, 4.69) is 33.7 Å². The molecule has 0 aliphatic heterocycles. The van der Waals surface area contributed by atoms with Crippen molar-refractivity contribution < 1.29 is 4.57 Å². The van der Waals surface area contributed by atoms with Crippen LogP contribution in [0.5, 0.6) is 0 Å². The highest BCUT2D eigenvalue weighted by molar-refractivity contribution is 8.24. The van der Waals surface area contributed by atoms with Crippen LogP contribution in [-0.2, 0) is 4.57 Å². The fourth-order valence-electron chi connectivity index (χ4n) is 0.858. The normalized spacial score (nSPS) is 10.5. The molecule has 0 amide bonds. The van der Waals surface area contributed by atoms with E-state index in [9.17, 15) is 4.57 Å². The van der Waals surface area contributed by atoms with Gasteiger partial charge in [-0.05, 0) is 64.8 Å². The summed E-state index contributed by atoms with van der Waals surface area (Å²) in [6.45, 7) is 3.99. The highest BCUT2D eigenvalue weighted by Crippen LogP contribution is 2.61. The number of anilines is 2. The largest absolute Gasteiger partial charge is 0.397 e. The van der Waals surface area contributed by atoms with Gasteiger partial charge in [-0.2, -0.15) is 0 Å². The van der Waals surface area contributed by atoms with Crippen molar-refractivity contribution in [2.24, 2.45) is 0 Å². The maximum absolute atomic E-state index is 9.51. The van der Waals surface area contributed by atoms with Gasteiger partial charge in [0.25, 0.3) is 0 Å². The van der Waals surface area contributed by atoms with Gasteiger partial charge in [-0.15, -0.1) is 0 Å². The Morgan fingerprint density at radius 1 is 1.13 bits per heavy atom. The Morgan fingerprint density at radius 3 is 1.87 bits per heavy atom. The van der Waals surface area contributed by atoms with Crippen LogP contribution < -0.4 is 11.5 Å². The zero-order chi connectivity index (χ0) is 12.2. The predicted molar refractivity (Wildman–Crippen MR) is 69.9 cm³/mol. The molecule has 15 heavy (non-hydrogen) atoms. The molecule has 0 fully saturated rings. The molecule has 7 heteroatoms. The van der Waals surface area contributed by atoms with Crippen molar-refractivity contribution in [3.05, 3.63) is 23.3 Å². The summed E-state index contributed by atoms with van der Waals surface area (Å²) in [5.41, 5.74) is 14.9. The number of rotatable bonds is 0. The summed E-state index contributed by atoms with van der Waals surface area (Å²) in [6.07, 6.45) is 0. The van der Waals surface area contributed by atoms with Crippen LogP contribution >= 0.6 is 38.9 Å². The molecule has 1 aromatic rings. The van der Waals surface area contributed by atoms with Crippen molar-refractivity contribution >= 4 is 50.3 Å². The van der Waals surface area contributed by atoms with Crippen molar-refractivity contribution in [1.82, 2.24) is 0 Å². The predicted octanol–water partition coefficient (Wildman–Crippen LogP) is 4.28. The third-order valence-corrected chi connectivity index (χ3v) is 1.82. The van der Waals surface area contributed by atoms with Gasteiger partial charge < -0.3 is 11.5 Å². The molecule has 0 saturated heterocycles. The van der Waals surface area contributed by atoms with Crippen LogP contribution in [0.25, 0.3) is 0 Å². The smallest absolute Gasteiger partial charge is 0.339 e. The Balaban J connectivity index is 0.000000336. The molecule has 0 spiro atoms. The number of halogens is 3. The summed E-state index contributed by atoms with van der Waals surface area (Å²) in [4.78, 5) is 0. The molecule has 0 radical (unpaired) electrons. The van der Waals surface area contributed by atoms with Crippen LogP contribution in [0.1, 0.15) is 11.1 Å². The fourth-order valence-corrected chi connectivity index (χ4v) is 0.858. The lowest BCUT2D eigenvalue weighted by molar-refractivity contribution is 0.600. The van der Waals surface area contributed by atoms with Gasteiger partial charge >= 0.3 is 5.20 Å².